The van der Waals surface area contributed by atoms with Crippen molar-refractivity contribution < 1.29 is 0 Å². The fraction of sp³-hybridized carbons (Fsp3) is 0.0625. The summed E-state index contributed by atoms with van der Waals surface area (Å²) < 4.78 is 0. The van der Waals surface area contributed by atoms with Crippen molar-refractivity contribution in [3.8, 4) is 6.07 Å². The van der Waals surface area contributed by atoms with Gasteiger partial charge in [-0.3, -0.25) is 0 Å². The average molecular weight is 234 g/mol. The normalized spacial score (nSPS) is 10.2. The molecule has 2 nitrogen and oxygen atoms in total. The number of anilines is 1. The summed E-state index contributed by atoms with van der Waals surface area (Å²) >= 11 is 0. The van der Waals surface area contributed by atoms with E-state index in [9.17, 15) is 0 Å². The highest BCUT2D eigenvalue weighted by molar-refractivity contribution is 5.51. The highest BCUT2D eigenvalue weighted by Crippen LogP contribution is 2.08. The molecule has 0 fully saturated rings. The molecule has 0 bridgehead atoms. The molecule has 2 heteroatoms. The Morgan fingerprint density at radius 1 is 1.00 bits per heavy atom. The lowest BCUT2D eigenvalue weighted by Gasteiger charge is -2.02. The minimum absolute atomic E-state index is 0.681. The smallest absolute Gasteiger partial charge is 0.0991 e. The third-order valence-electron chi connectivity index (χ3n) is 2.55. The van der Waals surface area contributed by atoms with E-state index >= 15 is 0 Å². The number of benzene rings is 2. The van der Waals surface area contributed by atoms with E-state index in [-0.39, 0.29) is 0 Å². The van der Waals surface area contributed by atoms with Gasteiger partial charge < -0.3 is 5.32 Å². The first-order chi connectivity index (χ1) is 8.88. The zero-order valence-electron chi connectivity index (χ0n) is 10.0. The Hall–Kier alpha value is -2.53. The summed E-state index contributed by atoms with van der Waals surface area (Å²) in [7, 11) is 0. The number of nitrogens with zero attached hydrogens (tertiary/aromatic N) is 1. The molecular weight excluding hydrogens is 220 g/mol. The second kappa shape index (κ2) is 6.27. The van der Waals surface area contributed by atoms with E-state index in [4.69, 9.17) is 5.26 Å². The Kier molecular flexibility index (Phi) is 4.16. The lowest BCUT2D eigenvalue weighted by atomic mass is 10.2. The summed E-state index contributed by atoms with van der Waals surface area (Å²) in [6.45, 7) is 0.765. The Morgan fingerprint density at radius 3 is 2.39 bits per heavy atom. The highest BCUT2D eigenvalue weighted by atomic mass is 14.8. The standard InChI is InChI=1S/C16H14N2/c17-13-15-8-10-16(11-9-15)18-12-4-7-14-5-2-1-3-6-14/h1-11,18H,12H2/b7-4+. The van der Waals surface area contributed by atoms with E-state index in [1.165, 1.54) is 5.56 Å². The van der Waals surface area contributed by atoms with Gasteiger partial charge in [0.1, 0.15) is 0 Å². The zero-order valence-corrected chi connectivity index (χ0v) is 10.0. The monoisotopic (exact) mass is 234 g/mol. The minimum atomic E-state index is 0.681. The highest BCUT2D eigenvalue weighted by Gasteiger charge is 1.91. The van der Waals surface area contributed by atoms with E-state index in [2.05, 4.69) is 35.7 Å². The van der Waals surface area contributed by atoms with Gasteiger partial charge in [0.25, 0.3) is 0 Å². The van der Waals surface area contributed by atoms with Crippen molar-refractivity contribution in [3.05, 3.63) is 71.8 Å². The fourth-order valence-electron chi connectivity index (χ4n) is 1.60. The van der Waals surface area contributed by atoms with Crippen molar-refractivity contribution >= 4 is 11.8 Å². The lowest BCUT2D eigenvalue weighted by molar-refractivity contribution is 1.34. The van der Waals surface area contributed by atoms with Gasteiger partial charge in [0.2, 0.25) is 0 Å². The second-order valence-corrected chi connectivity index (χ2v) is 3.88. The van der Waals surface area contributed by atoms with Gasteiger partial charge in [-0.1, -0.05) is 42.5 Å². The zero-order chi connectivity index (χ0) is 12.6. The molecule has 0 unspecified atom stereocenters. The van der Waals surface area contributed by atoms with Gasteiger partial charge in [-0.2, -0.15) is 5.26 Å². The first-order valence-electron chi connectivity index (χ1n) is 5.84. The number of hydrogen-bond acceptors (Lipinski definition) is 2. The number of rotatable bonds is 4. The molecule has 0 atom stereocenters. The van der Waals surface area contributed by atoms with Crippen LogP contribution in [0, 0.1) is 11.3 Å². The van der Waals surface area contributed by atoms with Crippen molar-refractivity contribution in [3.63, 3.8) is 0 Å². The van der Waals surface area contributed by atoms with Crippen LogP contribution in [0.1, 0.15) is 11.1 Å². The van der Waals surface area contributed by atoms with Crippen LogP contribution >= 0.6 is 0 Å². The van der Waals surface area contributed by atoms with E-state index in [1.54, 1.807) is 0 Å². The van der Waals surface area contributed by atoms with Gasteiger partial charge in [-0.25, -0.2) is 0 Å². The molecule has 0 radical (unpaired) electrons. The summed E-state index contributed by atoms with van der Waals surface area (Å²) in [6, 6.07) is 19.7. The molecule has 18 heavy (non-hydrogen) atoms. The molecule has 0 aromatic heterocycles. The molecule has 88 valence electrons. The number of nitriles is 1. The quantitative estimate of drug-likeness (QED) is 0.875. The molecule has 0 aliphatic rings. The number of nitrogens with one attached hydrogen (secondary N) is 1. The maximum Gasteiger partial charge on any atom is 0.0991 e. The van der Waals surface area contributed by atoms with E-state index < -0.39 is 0 Å². The summed E-state index contributed by atoms with van der Waals surface area (Å²) in [5, 5.41) is 12.0. The van der Waals surface area contributed by atoms with E-state index in [1.807, 2.05) is 42.5 Å². The molecule has 2 aromatic rings. The SMILES string of the molecule is N#Cc1ccc(NC/C=C/c2ccccc2)cc1. The largest absolute Gasteiger partial charge is 0.382 e. The van der Waals surface area contributed by atoms with Crippen molar-refractivity contribution in [2.75, 3.05) is 11.9 Å². The molecule has 0 spiro atoms. The molecule has 0 saturated carbocycles. The Bertz CT molecular complexity index is 548. The fourth-order valence-corrected chi connectivity index (χ4v) is 1.60. The van der Waals surface area contributed by atoms with Crippen LogP contribution in [0.25, 0.3) is 6.08 Å². The third-order valence-corrected chi connectivity index (χ3v) is 2.55. The number of hydrogen-bond donors (Lipinski definition) is 1. The minimum Gasteiger partial charge on any atom is -0.382 e. The molecular formula is C16H14N2. The molecule has 2 rings (SSSR count). The van der Waals surface area contributed by atoms with Crippen molar-refractivity contribution in [2.24, 2.45) is 0 Å². The summed E-state index contributed by atoms with van der Waals surface area (Å²) in [5.41, 5.74) is 2.89. The Balaban J connectivity index is 1.85. The Labute approximate surface area is 107 Å². The molecule has 1 N–H and O–H groups in total. The maximum atomic E-state index is 8.69. The maximum absolute atomic E-state index is 8.69. The van der Waals surface area contributed by atoms with Crippen LogP contribution in [-0.2, 0) is 0 Å². The van der Waals surface area contributed by atoms with Gasteiger partial charge in [0.05, 0.1) is 11.6 Å². The van der Waals surface area contributed by atoms with Crippen molar-refractivity contribution in [1.29, 1.82) is 5.26 Å². The van der Waals surface area contributed by atoms with Crippen LogP contribution in [0.2, 0.25) is 0 Å². The molecule has 0 heterocycles. The second-order valence-electron chi connectivity index (χ2n) is 3.88. The van der Waals surface area contributed by atoms with Crippen LogP contribution < -0.4 is 5.32 Å². The van der Waals surface area contributed by atoms with Crippen LogP contribution in [0.3, 0.4) is 0 Å². The molecule has 0 saturated heterocycles. The Morgan fingerprint density at radius 2 is 1.72 bits per heavy atom. The van der Waals surface area contributed by atoms with Crippen LogP contribution in [-0.4, -0.2) is 6.54 Å². The van der Waals surface area contributed by atoms with Gasteiger partial charge in [-0.15, -0.1) is 0 Å². The molecule has 0 aliphatic heterocycles. The van der Waals surface area contributed by atoms with E-state index in [0.717, 1.165) is 12.2 Å². The molecule has 0 amide bonds. The molecule has 2 aromatic carbocycles. The summed E-state index contributed by atoms with van der Waals surface area (Å²) in [4.78, 5) is 0. The van der Waals surface area contributed by atoms with Gasteiger partial charge >= 0.3 is 0 Å². The third kappa shape index (κ3) is 3.50. The van der Waals surface area contributed by atoms with Crippen molar-refractivity contribution in [1.82, 2.24) is 0 Å². The van der Waals surface area contributed by atoms with Gasteiger partial charge in [0.15, 0.2) is 0 Å². The van der Waals surface area contributed by atoms with Crippen LogP contribution in [0.4, 0.5) is 5.69 Å². The van der Waals surface area contributed by atoms with Crippen LogP contribution in [0.5, 0.6) is 0 Å². The molecule has 0 aliphatic carbocycles. The predicted octanol–water partition coefficient (Wildman–Crippen LogP) is 3.68. The van der Waals surface area contributed by atoms with Crippen molar-refractivity contribution in [2.45, 2.75) is 0 Å². The van der Waals surface area contributed by atoms with Gasteiger partial charge in [-0.05, 0) is 29.8 Å². The summed E-state index contributed by atoms with van der Waals surface area (Å²) in [6.07, 6.45) is 4.16. The predicted molar refractivity (Wildman–Crippen MR) is 75.1 cm³/mol. The van der Waals surface area contributed by atoms with E-state index in [0.29, 0.717) is 5.56 Å². The average Bonchev–Trinajstić information content (AvgIpc) is 2.45. The summed E-state index contributed by atoms with van der Waals surface area (Å²) in [5.74, 6) is 0. The van der Waals surface area contributed by atoms with Crippen LogP contribution in [0.15, 0.2) is 60.7 Å². The lowest BCUT2D eigenvalue weighted by Crippen LogP contribution is -1.97. The topological polar surface area (TPSA) is 35.8 Å². The van der Waals surface area contributed by atoms with Gasteiger partial charge in [0, 0.05) is 12.2 Å². The first-order valence-corrected chi connectivity index (χ1v) is 5.84. The first kappa shape index (κ1) is 11.9.